The zero-order valence-electron chi connectivity index (χ0n) is 39.7. The van der Waals surface area contributed by atoms with E-state index in [1.54, 1.807) is 0 Å². The number of aliphatic hydroxyl groups is 10. The largest absolute Gasteiger partial charge is 0.479 e. The first-order chi connectivity index (χ1) is 31.2. The molecule has 3 heterocycles. The van der Waals surface area contributed by atoms with Crippen LogP contribution in [-0.2, 0) is 38.0 Å². The number of aliphatic carboxylic acids is 1. The Hall–Kier alpha value is -1.92. The lowest BCUT2D eigenvalue weighted by atomic mass is 9.33. The molecule has 4 saturated carbocycles. The van der Waals surface area contributed by atoms with Crippen LogP contribution >= 0.6 is 0 Å². The molecule has 8 rings (SSSR count). The second-order valence-corrected chi connectivity index (χ2v) is 23.5. The Balaban J connectivity index is 1.03. The van der Waals surface area contributed by atoms with Gasteiger partial charge in [0.05, 0.1) is 24.7 Å². The molecule has 0 bridgehead atoms. The van der Waals surface area contributed by atoms with Gasteiger partial charge in [-0.2, -0.15) is 0 Å². The van der Waals surface area contributed by atoms with Crippen molar-refractivity contribution in [1.29, 1.82) is 0 Å². The van der Waals surface area contributed by atoms with E-state index in [2.05, 4.69) is 54.5 Å². The Labute approximate surface area is 391 Å². The van der Waals surface area contributed by atoms with E-state index in [1.165, 1.54) is 5.57 Å². The van der Waals surface area contributed by atoms with Crippen LogP contribution in [0, 0.1) is 50.2 Å². The van der Waals surface area contributed by atoms with Crippen LogP contribution in [0.15, 0.2) is 11.6 Å². The molecule has 0 amide bonds. The van der Waals surface area contributed by atoms with Crippen LogP contribution in [-0.4, -0.2) is 180 Å². The Bertz CT molecular complexity index is 1870. The predicted molar refractivity (Wildman–Crippen MR) is 231 cm³/mol. The quantitative estimate of drug-likeness (QED) is 0.0838. The number of carboxylic acid groups (broad SMARTS) is 1. The van der Waals surface area contributed by atoms with Crippen molar-refractivity contribution >= 4 is 11.9 Å². The molecule has 5 aliphatic carbocycles. The van der Waals surface area contributed by atoms with E-state index in [0.717, 1.165) is 38.5 Å². The molecule has 8 aliphatic rings. The van der Waals surface area contributed by atoms with Crippen LogP contribution in [0.4, 0.5) is 0 Å². The lowest BCUT2D eigenvalue weighted by molar-refractivity contribution is -0.365. The molecule has 0 aromatic carbocycles. The summed E-state index contributed by atoms with van der Waals surface area (Å²) in [5, 5.41) is 115. The molecule has 0 aromatic rings. The highest BCUT2D eigenvalue weighted by molar-refractivity contribution is 5.79. The van der Waals surface area contributed by atoms with Crippen LogP contribution in [0.3, 0.4) is 0 Å². The lowest BCUT2D eigenvalue weighted by Crippen LogP contribution is -2.67. The topological polar surface area (TPSA) is 312 Å². The summed E-state index contributed by atoms with van der Waals surface area (Å²) in [6.07, 6.45) is -16.4. The van der Waals surface area contributed by atoms with Crippen LogP contribution in [0.2, 0.25) is 0 Å². The number of carbonyl (C=O) groups is 2. The van der Waals surface area contributed by atoms with Gasteiger partial charge < -0.3 is 84.6 Å². The summed E-state index contributed by atoms with van der Waals surface area (Å²) in [5.41, 5.74) is -0.975. The van der Waals surface area contributed by atoms with Gasteiger partial charge in [-0.3, -0.25) is 4.79 Å². The third kappa shape index (κ3) is 8.06. The molecule has 382 valence electrons. The first kappa shape index (κ1) is 51.4. The molecule has 0 radical (unpaired) electrons. The zero-order chi connectivity index (χ0) is 49.1. The molecule has 23 atom stereocenters. The third-order valence-corrected chi connectivity index (χ3v) is 19.3. The molecule has 19 heteroatoms. The van der Waals surface area contributed by atoms with E-state index in [1.807, 2.05) is 0 Å². The van der Waals surface area contributed by atoms with Gasteiger partial charge in [-0.15, -0.1) is 0 Å². The number of allylic oxidation sites excluding steroid dienone is 2. The van der Waals surface area contributed by atoms with Gasteiger partial charge in [0, 0.05) is 0 Å². The van der Waals surface area contributed by atoms with E-state index in [9.17, 15) is 65.8 Å². The molecule has 19 nitrogen and oxygen atoms in total. The van der Waals surface area contributed by atoms with Crippen molar-refractivity contribution in [3.63, 3.8) is 0 Å². The molecule has 67 heavy (non-hydrogen) atoms. The number of fused-ring (bicyclic) bond motifs is 7. The van der Waals surface area contributed by atoms with Crippen LogP contribution in [0.25, 0.3) is 0 Å². The first-order valence-corrected chi connectivity index (χ1v) is 24.3. The molecule has 3 aliphatic heterocycles. The van der Waals surface area contributed by atoms with Crippen molar-refractivity contribution < 1.29 is 94.2 Å². The number of carboxylic acids is 1. The van der Waals surface area contributed by atoms with Gasteiger partial charge in [0.1, 0.15) is 67.1 Å². The van der Waals surface area contributed by atoms with Crippen molar-refractivity contribution in [1.82, 2.24) is 0 Å². The summed E-state index contributed by atoms with van der Waals surface area (Å²) in [7, 11) is 0. The maximum atomic E-state index is 14.7. The minimum absolute atomic E-state index is 0.0786. The van der Waals surface area contributed by atoms with Crippen molar-refractivity contribution in [2.75, 3.05) is 13.2 Å². The lowest BCUT2D eigenvalue weighted by Gasteiger charge is -2.71. The average Bonchev–Trinajstić information content (AvgIpc) is 3.26. The van der Waals surface area contributed by atoms with E-state index in [0.29, 0.717) is 25.7 Å². The smallest absolute Gasteiger partial charge is 0.335 e. The number of carbonyl (C=O) groups excluding carboxylic acids is 1. The Morgan fingerprint density at radius 1 is 0.642 bits per heavy atom. The van der Waals surface area contributed by atoms with Gasteiger partial charge in [-0.05, 0) is 109 Å². The van der Waals surface area contributed by atoms with Gasteiger partial charge in [0.15, 0.2) is 18.7 Å². The summed E-state index contributed by atoms with van der Waals surface area (Å²) < 4.78 is 35.2. The fourth-order valence-corrected chi connectivity index (χ4v) is 15.0. The number of aliphatic hydroxyl groups excluding tert-OH is 10. The fourth-order valence-electron chi connectivity index (χ4n) is 15.0. The van der Waals surface area contributed by atoms with Gasteiger partial charge in [-0.25, -0.2) is 4.79 Å². The molecule has 0 unspecified atom stereocenters. The monoisotopic (exact) mass is 956 g/mol. The highest BCUT2D eigenvalue weighted by atomic mass is 16.7. The molecular formula is C48H76O19. The first-order valence-electron chi connectivity index (χ1n) is 24.3. The number of ether oxygens (including phenoxy) is 6. The fraction of sp³-hybridized carbons (Fsp3) is 0.917. The molecule has 3 saturated heterocycles. The molecule has 0 spiro atoms. The average molecular weight is 957 g/mol. The Morgan fingerprint density at radius 2 is 1.22 bits per heavy atom. The van der Waals surface area contributed by atoms with Gasteiger partial charge >= 0.3 is 11.9 Å². The SMILES string of the molecule is CC1(C)CC[C@]2(C(=O)O[C@@H]3O[C@H](CO)[C@@H](O)[C@H](O)[C@H]3O)CC[C@]3(C)C(=CC[C@@H]4[C@@]5(C)CC[C@H](O[C@@H]6O[C@H](C(=O)O)[C@@H](O)[C@H](O[C@@H]7O[C@H](CO)[C@H](O)[C@H](O)[C@H]7O)[C@H]6O)C(C)(C)[C@H]5CC[C@]43C)[C@@H]2C1. The van der Waals surface area contributed by atoms with Gasteiger partial charge in [0.2, 0.25) is 6.29 Å². The summed E-state index contributed by atoms with van der Waals surface area (Å²) >= 11 is 0. The van der Waals surface area contributed by atoms with Crippen LogP contribution in [0.5, 0.6) is 0 Å². The highest BCUT2D eigenvalue weighted by Crippen LogP contribution is 2.76. The van der Waals surface area contributed by atoms with Crippen LogP contribution in [0.1, 0.15) is 113 Å². The van der Waals surface area contributed by atoms with Crippen molar-refractivity contribution in [3.8, 4) is 0 Å². The minimum Gasteiger partial charge on any atom is -0.479 e. The molecule has 11 N–H and O–H groups in total. The summed E-state index contributed by atoms with van der Waals surface area (Å²) in [6.45, 7) is 14.4. The van der Waals surface area contributed by atoms with Gasteiger partial charge in [0.25, 0.3) is 0 Å². The molecule has 7 fully saturated rings. The maximum absolute atomic E-state index is 14.7. The summed E-state index contributed by atoms with van der Waals surface area (Å²) in [5.74, 6) is -1.91. The minimum atomic E-state index is -1.97. The van der Waals surface area contributed by atoms with E-state index < -0.39 is 134 Å². The third-order valence-electron chi connectivity index (χ3n) is 19.3. The summed E-state index contributed by atoms with van der Waals surface area (Å²) in [4.78, 5) is 27.1. The van der Waals surface area contributed by atoms with Crippen molar-refractivity contribution in [2.45, 2.75) is 211 Å². The number of hydrogen-bond acceptors (Lipinski definition) is 18. The van der Waals surface area contributed by atoms with Crippen molar-refractivity contribution in [3.05, 3.63) is 11.6 Å². The molecule has 0 aromatic heterocycles. The normalized spacial score (nSPS) is 52.6. The zero-order valence-corrected chi connectivity index (χ0v) is 39.7. The Morgan fingerprint density at radius 3 is 1.84 bits per heavy atom. The Kier molecular flexibility index (Phi) is 13.8. The number of rotatable bonds is 9. The van der Waals surface area contributed by atoms with E-state index in [4.69, 9.17) is 28.4 Å². The van der Waals surface area contributed by atoms with E-state index >= 15 is 0 Å². The number of hydrogen-bond donors (Lipinski definition) is 11. The second kappa shape index (κ2) is 18.0. The highest BCUT2D eigenvalue weighted by Gasteiger charge is 2.70. The maximum Gasteiger partial charge on any atom is 0.335 e. The van der Waals surface area contributed by atoms with Gasteiger partial charge in [-0.1, -0.05) is 60.1 Å². The predicted octanol–water partition coefficient (Wildman–Crippen LogP) is 0.233. The standard InChI is InChI=1S/C48H76O19/c1-43(2)14-16-48(42(61)67-40-33(56)31(54)29(52)24(20-50)63-40)17-15-46(6)21(22(48)18-43)8-9-26-45(5)12-11-27(44(3,4)25(45)10-13-47(26,46)7)64-41-35(58)36(34(57)37(66-41)38(59)60)65-39-32(55)30(53)28(51)23(19-49)62-39/h8,22-37,39-41,49-58H,9-20H2,1-7H3,(H,59,60)/t22-,23+,24+,25+,26+,27-,28-,29+,30-,31-,32+,33+,34-,35+,36-,37-,39-,40-,41+,45-,46+,47+,48-/m0/s1. The summed E-state index contributed by atoms with van der Waals surface area (Å²) in [6, 6.07) is 0. The molecular weight excluding hydrogens is 881 g/mol. The number of esters is 1. The van der Waals surface area contributed by atoms with Crippen LogP contribution < -0.4 is 0 Å². The van der Waals surface area contributed by atoms with Crippen molar-refractivity contribution in [2.24, 2.45) is 50.2 Å². The second-order valence-electron chi connectivity index (χ2n) is 23.5. The van der Waals surface area contributed by atoms with E-state index in [-0.39, 0.29) is 39.4 Å².